The molecule has 17 heavy (non-hydrogen) atoms. The SMILES string of the molecule is CCCC1CCC(C#N)(CCS(C)(=O)=O)CC1. The van der Waals surface area contributed by atoms with Gasteiger partial charge in [-0.1, -0.05) is 19.8 Å². The summed E-state index contributed by atoms with van der Waals surface area (Å²) in [5.41, 5.74) is -0.368. The van der Waals surface area contributed by atoms with E-state index in [0.29, 0.717) is 6.42 Å². The van der Waals surface area contributed by atoms with Gasteiger partial charge < -0.3 is 0 Å². The Morgan fingerprint density at radius 2 is 1.94 bits per heavy atom. The van der Waals surface area contributed by atoms with Gasteiger partial charge in [0.1, 0.15) is 9.84 Å². The quantitative estimate of drug-likeness (QED) is 0.761. The highest BCUT2D eigenvalue weighted by Crippen LogP contribution is 2.42. The van der Waals surface area contributed by atoms with E-state index in [1.807, 2.05) is 0 Å². The zero-order valence-electron chi connectivity index (χ0n) is 10.9. The molecule has 0 amide bonds. The molecule has 0 spiro atoms. The van der Waals surface area contributed by atoms with Gasteiger partial charge in [0.25, 0.3) is 0 Å². The van der Waals surface area contributed by atoms with Crippen molar-refractivity contribution in [2.24, 2.45) is 11.3 Å². The highest BCUT2D eigenvalue weighted by atomic mass is 32.2. The zero-order chi connectivity index (χ0) is 12.9. The van der Waals surface area contributed by atoms with Gasteiger partial charge in [-0.05, 0) is 38.0 Å². The molecule has 1 aliphatic carbocycles. The first-order valence-corrected chi connectivity index (χ1v) is 8.56. The van der Waals surface area contributed by atoms with Gasteiger partial charge in [0, 0.05) is 6.26 Å². The van der Waals surface area contributed by atoms with E-state index < -0.39 is 9.84 Å². The maximum absolute atomic E-state index is 11.2. The molecule has 0 aliphatic heterocycles. The molecule has 0 atom stereocenters. The maximum atomic E-state index is 11.2. The normalized spacial score (nSPS) is 29.8. The number of nitriles is 1. The van der Waals surface area contributed by atoms with Gasteiger partial charge in [-0.25, -0.2) is 8.42 Å². The summed E-state index contributed by atoms with van der Waals surface area (Å²) >= 11 is 0. The third kappa shape index (κ3) is 4.67. The molecule has 0 aromatic rings. The van der Waals surface area contributed by atoms with E-state index >= 15 is 0 Å². The Balaban J connectivity index is 2.53. The van der Waals surface area contributed by atoms with Gasteiger partial charge in [0.2, 0.25) is 0 Å². The standard InChI is InChI=1S/C13H23NO2S/c1-3-4-12-5-7-13(11-14,8-6-12)9-10-17(2,15)16/h12H,3-10H2,1-2H3. The van der Waals surface area contributed by atoms with Crippen LogP contribution in [0, 0.1) is 22.7 Å². The summed E-state index contributed by atoms with van der Waals surface area (Å²) in [5.74, 6) is 0.902. The van der Waals surface area contributed by atoms with Crippen LogP contribution in [0.3, 0.4) is 0 Å². The average Bonchev–Trinajstić information content (AvgIpc) is 2.28. The Morgan fingerprint density at radius 3 is 2.35 bits per heavy atom. The van der Waals surface area contributed by atoms with Gasteiger partial charge >= 0.3 is 0 Å². The van der Waals surface area contributed by atoms with Crippen molar-refractivity contribution in [3.63, 3.8) is 0 Å². The van der Waals surface area contributed by atoms with Crippen LogP contribution in [0.25, 0.3) is 0 Å². The zero-order valence-corrected chi connectivity index (χ0v) is 11.7. The van der Waals surface area contributed by atoms with E-state index in [2.05, 4.69) is 13.0 Å². The van der Waals surface area contributed by atoms with E-state index in [-0.39, 0.29) is 11.2 Å². The molecular formula is C13H23NO2S. The first-order chi connectivity index (χ1) is 7.91. The van der Waals surface area contributed by atoms with E-state index in [1.165, 1.54) is 19.1 Å². The minimum atomic E-state index is -2.95. The summed E-state index contributed by atoms with van der Waals surface area (Å²) in [6.45, 7) is 2.19. The summed E-state index contributed by atoms with van der Waals surface area (Å²) in [6, 6.07) is 2.39. The third-order valence-corrected chi connectivity index (χ3v) is 4.89. The number of hydrogen-bond acceptors (Lipinski definition) is 3. The highest BCUT2D eigenvalue weighted by molar-refractivity contribution is 7.90. The fourth-order valence-corrected chi connectivity index (χ4v) is 3.49. The molecular weight excluding hydrogens is 234 g/mol. The van der Waals surface area contributed by atoms with Crippen LogP contribution in [0.4, 0.5) is 0 Å². The topological polar surface area (TPSA) is 57.9 Å². The molecule has 0 aromatic heterocycles. The molecule has 98 valence electrons. The molecule has 0 unspecified atom stereocenters. The minimum absolute atomic E-state index is 0.152. The largest absolute Gasteiger partial charge is 0.229 e. The predicted molar refractivity (Wildman–Crippen MR) is 69.2 cm³/mol. The molecule has 3 nitrogen and oxygen atoms in total. The van der Waals surface area contributed by atoms with Crippen molar-refractivity contribution in [3.05, 3.63) is 0 Å². The van der Waals surface area contributed by atoms with Crippen LogP contribution in [0.2, 0.25) is 0 Å². The molecule has 0 radical (unpaired) electrons. The summed E-state index contributed by atoms with van der Waals surface area (Å²) in [7, 11) is -2.95. The maximum Gasteiger partial charge on any atom is 0.147 e. The van der Waals surface area contributed by atoms with Crippen molar-refractivity contribution in [1.29, 1.82) is 5.26 Å². The lowest BCUT2D eigenvalue weighted by atomic mass is 9.69. The Kier molecular flexibility index (Phi) is 5.00. The van der Waals surface area contributed by atoms with Crippen LogP contribution in [0.5, 0.6) is 0 Å². The van der Waals surface area contributed by atoms with Crippen molar-refractivity contribution in [2.45, 2.75) is 51.9 Å². The monoisotopic (exact) mass is 257 g/mol. The second-order valence-electron chi connectivity index (χ2n) is 5.50. The molecule has 4 heteroatoms. The molecule has 1 fully saturated rings. The average molecular weight is 257 g/mol. The molecule has 1 aliphatic rings. The number of rotatable bonds is 5. The van der Waals surface area contributed by atoms with Crippen LogP contribution < -0.4 is 0 Å². The van der Waals surface area contributed by atoms with Crippen LogP contribution in [0.1, 0.15) is 51.9 Å². The van der Waals surface area contributed by atoms with Crippen molar-refractivity contribution < 1.29 is 8.42 Å². The summed E-state index contributed by atoms with van der Waals surface area (Å²) in [6.07, 6.45) is 8.15. The molecule has 1 rings (SSSR count). The second kappa shape index (κ2) is 5.86. The second-order valence-corrected chi connectivity index (χ2v) is 7.76. The van der Waals surface area contributed by atoms with E-state index in [4.69, 9.17) is 0 Å². The van der Waals surface area contributed by atoms with Crippen LogP contribution in [-0.2, 0) is 9.84 Å². The first kappa shape index (κ1) is 14.5. The molecule has 0 heterocycles. The number of hydrogen-bond donors (Lipinski definition) is 0. The Morgan fingerprint density at radius 1 is 1.35 bits per heavy atom. The lowest BCUT2D eigenvalue weighted by molar-refractivity contribution is 0.197. The van der Waals surface area contributed by atoms with E-state index in [1.54, 1.807) is 0 Å². The fraction of sp³-hybridized carbons (Fsp3) is 0.923. The fourth-order valence-electron chi connectivity index (χ4n) is 2.73. The van der Waals surface area contributed by atoms with E-state index in [9.17, 15) is 13.7 Å². The van der Waals surface area contributed by atoms with Crippen LogP contribution in [-0.4, -0.2) is 20.4 Å². The smallest absolute Gasteiger partial charge is 0.147 e. The lowest BCUT2D eigenvalue weighted by Crippen LogP contribution is -2.28. The third-order valence-electron chi connectivity index (χ3n) is 3.95. The van der Waals surface area contributed by atoms with Crippen molar-refractivity contribution in [3.8, 4) is 6.07 Å². The van der Waals surface area contributed by atoms with Gasteiger partial charge in [-0.15, -0.1) is 0 Å². The molecule has 0 N–H and O–H groups in total. The van der Waals surface area contributed by atoms with Gasteiger partial charge in [-0.3, -0.25) is 0 Å². The molecule has 0 bridgehead atoms. The van der Waals surface area contributed by atoms with Crippen LogP contribution >= 0.6 is 0 Å². The molecule has 1 saturated carbocycles. The van der Waals surface area contributed by atoms with Crippen molar-refractivity contribution in [2.75, 3.05) is 12.0 Å². The van der Waals surface area contributed by atoms with Gasteiger partial charge in [-0.2, -0.15) is 5.26 Å². The number of sulfone groups is 1. The predicted octanol–water partition coefficient (Wildman–Crippen LogP) is 2.92. The van der Waals surface area contributed by atoms with Crippen LogP contribution in [0.15, 0.2) is 0 Å². The van der Waals surface area contributed by atoms with Crippen molar-refractivity contribution in [1.82, 2.24) is 0 Å². The first-order valence-electron chi connectivity index (χ1n) is 6.50. The summed E-state index contributed by atoms with van der Waals surface area (Å²) in [5, 5.41) is 9.31. The summed E-state index contributed by atoms with van der Waals surface area (Å²) < 4.78 is 22.4. The van der Waals surface area contributed by atoms with Crippen molar-refractivity contribution >= 4 is 9.84 Å². The number of nitrogens with zero attached hydrogens (tertiary/aromatic N) is 1. The Hall–Kier alpha value is -0.560. The highest BCUT2D eigenvalue weighted by Gasteiger charge is 2.35. The Labute approximate surface area is 105 Å². The van der Waals surface area contributed by atoms with E-state index in [0.717, 1.165) is 31.6 Å². The minimum Gasteiger partial charge on any atom is -0.229 e. The van der Waals surface area contributed by atoms with Gasteiger partial charge in [0.05, 0.1) is 17.2 Å². The molecule has 0 saturated heterocycles. The lowest BCUT2D eigenvalue weighted by Gasteiger charge is -2.34. The molecule has 0 aromatic carbocycles. The Bertz CT molecular complexity index is 373. The van der Waals surface area contributed by atoms with Gasteiger partial charge in [0.15, 0.2) is 0 Å². The summed E-state index contributed by atoms with van der Waals surface area (Å²) in [4.78, 5) is 0.